The maximum atomic E-state index is 11.5. The second-order valence-electron chi connectivity index (χ2n) is 5.21. The van der Waals surface area contributed by atoms with Gasteiger partial charge < -0.3 is 16.4 Å². The second-order valence-corrected chi connectivity index (χ2v) is 5.96. The van der Waals surface area contributed by atoms with Crippen molar-refractivity contribution >= 4 is 28.3 Å². The summed E-state index contributed by atoms with van der Waals surface area (Å²) in [4.78, 5) is 13.8. The van der Waals surface area contributed by atoms with Crippen molar-refractivity contribution in [2.75, 3.05) is 17.2 Å². The van der Waals surface area contributed by atoms with Crippen LogP contribution in [0.5, 0.6) is 0 Å². The Kier molecular flexibility index (Phi) is 2.89. The number of nitrogens with two attached hydrogens (primary N) is 2. The largest absolute Gasteiger partial charge is 0.382 e. The minimum atomic E-state index is -0.462. The van der Waals surface area contributed by atoms with Crippen LogP contribution < -0.4 is 16.4 Å². The Labute approximate surface area is 110 Å². The molecule has 2 unspecified atom stereocenters. The monoisotopic (exact) mass is 266 g/mol. The average Bonchev–Trinajstić information content (AvgIpc) is 2.92. The molecule has 0 spiro atoms. The predicted octanol–water partition coefficient (Wildman–Crippen LogP) is 1.59. The molecule has 18 heavy (non-hydrogen) atoms. The predicted molar refractivity (Wildman–Crippen MR) is 72.8 cm³/mol. The van der Waals surface area contributed by atoms with Crippen molar-refractivity contribution in [2.24, 2.45) is 11.7 Å². The number of fused-ring (bicyclic) bond motifs is 1. The van der Waals surface area contributed by atoms with Gasteiger partial charge in [0.15, 0.2) is 5.82 Å². The number of carbonyl (C=O) groups is 1. The molecule has 6 heteroatoms. The lowest BCUT2D eigenvalue weighted by Gasteiger charge is -2.32. The number of nitrogen functional groups attached to an aromatic ring is 1. The Balaban J connectivity index is 1.93. The highest BCUT2D eigenvalue weighted by molar-refractivity contribution is 7.11. The van der Waals surface area contributed by atoms with Crippen molar-refractivity contribution in [3.05, 3.63) is 5.56 Å². The van der Waals surface area contributed by atoms with Crippen LogP contribution in [0, 0.1) is 5.92 Å². The van der Waals surface area contributed by atoms with Gasteiger partial charge in [0.05, 0.1) is 0 Å². The normalized spacial score (nSPS) is 27.2. The maximum absolute atomic E-state index is 11.5. The van der Waals surface area contributed by atoms with Crippen molar-refractivity contribution in [1.29, 1.82) is 0 Å². The highest BCUT2D eigenvalue weighted by atomic mass is 32.1. The molecule has 1 aromatic heterocycles. The van der Waals surface area contributed by atoms with E-state index >= 15 is 0 Å². The van der Waals surface area contributed by atoms with Crippen LogP contribution >= 0.6 is 11.5 Å². The molecule has 1 aliphatic carbocycles. The molecule has 0 radical (unpaired) electrons. The van der Waals surface area contributed by atoms with E-state index < -0.39 is 5.91 Å². The number of aromatic nitrogens is 1. The quantitative estimate of drug-likeness (QED) is 0.851. The zero-order chi connectivity index (χ0) is 12.7. The first-order chi connectivity index (χ1) is 8.68. The van der Waals surface area contributed by atoms with E-state index in [1.165, 1.54) is 43.6 Å². The Morgan fingerprint density at radius 2 is 2.11 bits per heavy atom. The molecule has 2 aliphatic rings. The minimum absolute atomic E-state index is 0.279. The number of rotatable bonds is 2. The summed E-state index contributed by atoms with van der Waals surface area (Å²) in [6, 6.07) is 0.552. The van der Waals surface area contributed by atoms with Crippen LogP contribution in [0.2, 0.25) is 0 Å². The molecule has 1 saturated heterocycles. The summed E-state index contributed by atoms with van der Waals surface area (Å²) in [5, 5.41) is 0.884. The van der Waals surface area contributed by atoms with Gasteiger partial charge in [-0.1, -0.05) is 12.8 Å². The van der Waals surface area contributed by atoms with Crippen LogP contribution in [0.4, 0.5) is 10.8 Å². The zero-order valence-electron chi connectivity index (χ0n) is 10.3. The molecule has 2 fully saturated rings. The van der Waals surface area contributed by atoms with Gasteiger partial charge in [-0.3, -0.25) is 4.79 Å². The highest BCUT2D eigenvalue weighted by Crippen LogP contribution is 2.42. The van der Waals surface area contributed by atoms with Crippen LogP contribution in [0.15, 0.2) is 0 Å². The van der Waals surface area contributed by atoms with Crippen molar-refractivity contribution in [2.45, 2.75) is 38.1 Å². The third-order valence-corrected chi connectivity index (χ3v) is 5.12. The summed E-state index contributed by atoms with van der Waals surface area (Å²) in [7, 11) is 0. The molecule has 2 atom stereocenters. The molecule has 0 aromatic carbocycles. The molecule has 4 N–H and O–H groups in total. The van der Waals surface area contributed by atoms with Gasteiger partial charge in [0.25, 0.3) is 5.91 Å². The Hall–Kier alpha value is -1.30. The molecular formula is C12H18N4OS. The van der Waals surface area contributed by atoms with Gasteiger partial charge in [0.1, 0.15) is 10.6 Å². The first-order valence-electron chi connectivity index (χ1n) is 6.50. The number of nitrogens with zero attached hydrogens (tertiary/aromatic N) is 2. The number of anilines is 2. The lowest BCUT2D eigenvalue weighted by Crippen LogP contribution is -2.35. The summed E-state index contributed by atoms with van der Waals surface area (Å²) in [5.74, 6) is 0.583. The molecule has 5 nitrogen and oxygen atoms in total. The van der Waals surface area contributed by atoms with Gasteiger partial charge in [-0.25, -0.2) is 0 Å². The van der Waals surface area contributed by atoms with Crippen LogP contribution in [-0.4, -0.2) is 22.9 Å². The molecule has 3 rings (SSSR count). The zero-order valence-corrected chi connectivity index (χ0v) is 11.1. The fourth-order valence-corrected chi connectivity index (χ4v) is 4.28. The molecule has 98 valence electrons. The second kappa shape index (κ2) is 4.42. The van der Waals surface area contributed by atoms with Gasteiger partial charge in [0, 0.05) is 12.6 Å². The minimum Gasteiger partial charge on any atom is -0.382 e. The lowest BCUT2D eigenvalue weighted by molar-refractivity contribution is 0.100. The van der Waals surface area contributed by atoms with Crippen LogP contribution in [0.3, 0.4) is 0 Å². The van der Waals surface area contributed by atoms with E-state index in [9.17, 15) is 4.79 Å². The average molecular weight is 266 g/mol. The molecule has 1 amide bonds. The smallest absolute Gasteiger partial charge is 0.255 e. The fourth-order valence-electron chi connectivity index (χ4n) is 3.38. The summed E-state index contributed by atoms with van der Waals surface area (Å²) in [5.41, 5.74) is 11.6. The Morgan fingerprint density at radius 1 is 1.33 bits per heavy atom. The molecule has 0 bridgehead atoms. The van der Waals surface area contributed by atoms with E-state index in [1.807, 2.05) is 0 Å². The van der Waals surface area contributed by atoms with Crippen LogP contribution in [0.25, 0.3) is 0 Å². The third-order valence-electron chi connectivity index (χ3n) is 4.22. The molecule has 2 heterocycles. The standard InChI is InChI=1S/C12H18N4OS/c13-10-9(11(14)17)12(18-15-10)16-6-5-7-3-1-2-4-8(7)16/h7-8H,1-6H2,(H2,13,15)(H2,14,17). The van der Waals surface area contributed by atoms with E-state index in [-0.39, 0.29) is 5.82 Å². The number of primary amides is 1. The van der Waals surface area contributed by atoms with E-state index in [4.69, 9.17) is 11.5 Å². The van der Waals surface area contributed by atoms with Gasteiger partial charge in [-0.05, 0) is 36.7 Å². The summed E-state index contributed by atoms with van der Waals surface area (Å²) >= 11 is 1.31. The molecule has 1 aliphatic heterocycles. The molecule has 1 aromatic rings. The van der Waals surface area contributed by atoms with Crippen molar-refractivity contribution < 1.29 is 4.79 Å². The van der Waals surface area contributed by atoms with Crippen molar-refractivity contribution in [3.63, 3.8) is 0 Å². The van der Waals surface area contributed by atoms with E-state index in [0.717, 1.165) is 17.5 Å². The molecule has 1 saturated carbocycles. The van der Waals surface area contributed by atoms with Crippen molar-refractivity contribution in [1.82, 2.24) is 4.37 Å². The summed E-state index contributed by atoms with van der Waals surface area (Å²) < 4.78 is 4.10. The van der Waals surface area contributed by atoms with Gasteiger partial charge in [0.2, 0.25) is 0 Å². The van der Waals surface area contributed by atoms with Crippen LogP contribution in [-0.2, 0) is 0 Å². The molecular weight excluding hydrogens is 248 g/mol. The van der Waals surface area contributed by atoms with E-state index in [1.54, 1.807) is 0 Å². The third kappa shape index (κ3) is 1.75. The fraction of sp³-hybridized carbons (Fsp3) is 0.667. The van der Waals surface area contributed by atoms with Crippen molar-refractivity contribution in [3.8, 4) is 0 Å². The number of amides is 1. The van der Waals surface area contributed by atoms with Gasteiger partial charge in [-0.15, -0.1) is 0 Å². The number of hydrogen-bond donors (Lipinski definition) is 2. The number of hydrogen-bond acceptors (Lipinski definition) is 5. The highest BCUT2D eigenvalue weighted by Gasteiger charge is 2.38. The van der Waals surface area contributed by atoms with Gasteiger partial charge in [-0.2, -0.15) is 4.37 Å². The summed E-state index contributed by atoms with van der Waals surface area (Å²) in [6.45, 7) is 0.997. The van der Waals surface area contributed by atoms with E-state index in [2.05, 4.69) is 9.27 Å². The van der Waals surface area contributed by atoms with Gasteiger partial charge >= 0.3 is 0 Å². The first kappa shape index (κ1) is 11.8. The maximum Gasteiger partial charge on any atom is 0.255 e. The number of carbonyl (C=O) groups excluding carboxylic acids is 1. The van der Waals surface area contributed by atoms with Crippen LogP contribution in [0.1, 0.15) is 42.5 Å². The summed E-state index contributed by atoms with van der Waals surface area (Å²) in [6.07, 6.45) is 6.34. The topological polar surface area (TPSA) is 85.2 Å². The Morgan fingerprint density at radius 3 is 2.89 bits per heavy atom. The Bertz CT molecular complexity index is 473. The first-order valence-corrected chi connectivity index (χ1v) is 7.27. The SMILES string of the molecule is NC(=O)c1c(N)nsc1N1CCC2CCCCC21. The lowest BCUT2D eigenvalue weighted by atomic mass is 9.85. The van der Waals surface area contributed by atoms with E-state index in [0.29, 0.717) is 11.6 Å².